The molecule has 0 aliphatic heterocycles. The number of hydrogen-bond acceptors (Lipinski definition) is 3. The van der Waals surface area contributed by atoms with Crippen LogP contribution in [-0.4, -0.2) is 15.8 Å². The summed E-state index contributed by atoms with van der Waals surface area (Å²) in [5, 5.41) is 7.75. The maximum absolute atomic E-state index is 12.2. The molecular formula is C12H16ClN3O. The summed E-state index contributed by atoms with van der Waals surface area (Å²) >= 11 is 6.02. The van der Waals surface area contributed by atoms with Gasteiger partial charge in [-0.05, 0) is 31.6 Å². The fourth-order valence-corrected chi connectivity index (χ4v) is 2.26. The van der Waals surface area contributed by atoms with Crippen molar-refractivity contribution in [3.63, 3.8) is 0 Å². The van der Waals surface area contributed by atoms with E-state index in [1.807, 2.05) is 0 Å². The van der Waals surface area contributed by atoms with E-state index in [2.05, 4.69) is 10.4 Å². The molecule has 0 atom stereocenters. The first kappa shape index (κ1) is 11.1. The summed E-state index contributed by atoms with van der Waals surface area (Å²) in [6.07, 6.45) is 7.53. The Morgan fingerprint density at radius 2 is 2.18 bits per heavy atom. The molecule has 2 saturated carbocycles. The summed E-state index contributed by atoms with van der Waals surface area (Å²) in [5.41, 5.74) is 0.458. The van der Waals surface area contributed by atoms with E-state index in [-0.39, 0.29) is 5.56 Å². The molecule has 1 aromatic heterocycles. The minimum absolute atomic E-state index is 0.0729. The molecule has 0 aromatic carbocycles. The number of hydrogen-bond donors (Lipinski definition) is 1. The van der Waals surface area contributed by atoms with Crippen LogP contribution in [0.1, 0.15) is 32.1 Å². The van der Waals surface area contributed by atoms with Crippen LogP contribution in [0, 0.1) is 5.92 Å². The molecule has 0 unspecified atom stereocenters. The number of nitrogens with zero attached hydrogens (tertiary/aromatic N) is 2. The second-order valence-electron chi connectivity index (χ2n) is 5.07. The van der Waals surface area contributed by atoms with Crippen LogP contribution in [-0.2, 0) is 6.54 Å². The van der Waals surface area contributed by atoms with Crippen molar-refractivity contribution in [2.45, 2.75) is 44.7 Å². The SMILES string of the molecule is O=c1c(NC2CC2)c(Cl)cnn1CC1CCC1. The molecule has 5 heteroatoms. The number of rotatable bonds is 4. The largest absolute Gasteiger partial charge is 0.377 e. The molecular weight excluding hydrogens is 238 g/mol. The normalized spacial score (nSPS) is 20.1. The van der Waals surface area contributed by atoms with Crippen LogP contribution in [0.3, 0.4) is 0 Å². The van der Waals surface area contributed by atoms with Gasteiger partial charge in [0.25, 0.3) is 5.56 Å². The van der Waals surface area contributed by atoms with Crippen molar-refractivity contribution in [1.29, 1.82) is 0 Å². The third-order valence-corrected chi connectivity index (χ3v) is 3.87. The molecule has 2 aliphatic carbocycles. The number of anilines is 1. The van der Waals surface area contributed by atoms with Gasteiger partial charge in [-0.3, -0.25) is 4.79 Å². The van der Waals surface area contributed by atoms with Gasteiger partial charge in [0.15, 0.2) is 0 Å². The van der Waals surface area contributed by atoms with Crippen molar-refractivity contribution in [2.24, 2.45) is 5.92 Å². The Labute approximate surface area is 105 Å². The Morgan fingerprint density at radius 3 is 2.76 bits per heavy atom. The van der Waals surface area contributed by atoms with E-state index >= 15 is 0 Å². The Bertz CT molecular complexity index is 477. The van der Waals surface area contributed by atoms with Crippen molar-refractivity contribution < 1.29 is 0 Å². The fraction of sp³-hybridized carbons (Fsp3) is 0.667. The highest BCUT2D eigenvalue weighted by Crippen LogP contribution is 2.28. The van der Waals surface area contributed by atoms with Gasteiger partial charge < -0.3 is 5.32 Å². The van der Waals surface area contributed by atoms with E-state index in [1.165, 1.54) is 19.3 Å². The van der Waals surface area contributed by atoms with Gasteiger partial charge in [-0.1, -0.05) is 18.0 Å². The molecule has 1 heterocycles. The van der Waals surface area contributed by atoms with E-state index in [9.17, 15) is 4.79 Å². The Balaban J connectivity index is 1.84. The molecule has 0 saturated heterocycles. The number of halogens is 1. The van der Waals surface area contributed by atoms with Crippen LogP contribution in [0.4, 0.5) is 5.69 Å². The van der Waals surface area contributed by atoms with Crippen LogP contribution in [0.25, 0.3) is 0 Å². The first-order chi connectivity index (χ1) is 8.24. The first-order valence-corrected chi connectivity index (χ1v) is 6.64. The van der Waals surface area contributed by atoms with Crippen molar-refractivity contribution in [1.82, 2.24) is 9.78 Å². The minimum atomic E-state index is -0.0729. The second kappa shape index (κ2) is 4.33. The van der Waals surface area contributed by atoms with Gasteiger partial charge in [0, 0.05) is 12.6 Å². The van der Waals surface area contributed by atoms with Gasteiger partial charge in [0.1, 0.15) is 5.69 Å². The lowest BCUT2D eigenvalue weighted by Gasteiger charge is -2.25. The molecule has 3 rings (SSSR count). The van der Waals surface area contributed by atoms with Gasteiger partial charge in [-0.25, -0.2) is 4.68 Å². The molecule has 0 spiro atoms. The fourth-order valence-electron chi connectivity index (χ4n) is 2.08. The Kier molecular flexibility index (Phi) is 2.82. The Hall–Kier alpha value is -1.03. The van der Waals surface area contributed by atoms with Gasteiger partial charge in [-0.2, -0.15) is 5.10 Å². The summed E-state index contributed by atoms with van der Waals surface area (Å²) in [6.45, 7) is 0.731. The zero-order valence-electron chi connectivity index (χ0n) is 9.66. The van der Waals surface area contributed by atoms with Crippen LogP contribution < -0.4 is 10.9 Å². The van der Waals surface area contributed by atoms with Crippen LogP contribution >= 0.6 is 11.6 Å². The lowest BCUT2D eigenvalue weighted by molar-refractivity contribution is 0.262. The summed E-state index contributed by atoms with van der Waals surface area (Å²) < 4.78 is 1.56. The molecule has 17 heavy (non-hydrogen) atoms. The molecule has 0 radical (unpaired) electrons. The topological polar surface area (TPSA) is 46.9 Å². The lowest BCUT2D eigenvalue weighted by atomic mass is 9.85. The smallest absolute Gasteiger partial charge is 0.291 e. The molecule has 1 N–H and O–H groups in total. The van der Waals surface area contributed by atoms with E-state index < -0.39 is 0 Å². The summed E-state index contributed by atoms with van der Waals surface area (Å²) in [7, 11) is 0. The lowest BCUT2D eigenvalue weighted by Crippen LogP contribution is -2.31. The molecule has 0 amide bonds. The summed E-state index contributed by atoms with van der Waals surface area (Å²) in [5.74, 6) is 0.621. The molecule has 4 nitrogen and oxygen atoms in total. The Morgan fingerprint density at radius 1 is 1.41 bits per heavy atom. The molecule has 2 fully saturated rings. The monoisotopic (exact) mass is 253 g/mol. The summed E-state index contributed by atoms with van der Waals surface area (Å²) in [4.78, 5) is 12.2. The van der Waals surface area contributed by atoms with E-state index in [1.54, 1.807) is 10.9 Å². The average Bonchev–Trinajstić information content (AvgIpc) is 3.04. The maximum Gasteiger partial charge on any atom is 0.291 e. The minimum Gasteiger partial charge on any atom is -0.377 e. The van der Waals surface area contributed by atoms with Gasteiger partial charge >= 0.3 is 0 Å². The second-order valence-corrected chi connectivity index (χ2v) is 5.48. The van der Waals surface area contributed by atoms with Crippen molar-refractivity contribution >= 4 is 17.3 Å². The van der Waals surface area contributed by atoms with Crippen molar-refractivity contribution in [2.75, 3.05) is 5.32 Å². The van der Waals surface area contributed by atoms with Crippen LogP contribution in [0.5, 0.6) is 0 Å². The van der Waals surface area contributed by atoms with Crippen molar-refractivity contribution in [3.8, 4) is 0 Å². The van der Waals surface area contributed by atoms with Crippen LogP contribution in [0.15, 0.2) is 11.0 Å². The predicted molar refractivity (Wildman–Crippen MR) is 67.5 cm³/mol. The van der Waals surface area contributed by atoms with Gasteiger partial charge in [0.2, 0.25) is 0 Å². The molecule has 2 aliphatic rings. The van der Waals surface area contributed by atoms with Crippen molar-refractivity contribution in [3.05, 3.63) is 21.6 Å². The summed E-state index contributed by atoms with van der Waals surface area (Å²) in [6, 6.07) is 0.430. The van der Waals surface area contributed by atoms with Crippen LogP contribution in [0.2, 0.25) is 5.02 Å². The standard InChI is InChI=1S/C12H16ClN3O/c13-10-6-14-16(7-8-2-1-3-8)12(17)11(10)15-9-4-5-9/h6,8-9,15H,1-5,7H2. The van der Waals surface area contributed by atoms with Gasteiger partial charge in [0.05, 0.1) is 11.2 Å². The highest BCUT2D eigenvalue weighted by molar-refractivity contribution is 6.33. The molecule has 92 valence electrons. The quantitative estimate of drug-likeness (QED) is 0.896. The first-order valence-electron chi connectivity index (χ1n) is 6.26. The van der Waals surface area contributed by atoms with E-state index in [0.29, 0.717) is 22.7 Å². The zero-order chi connectivity index (χ0) is 11.8. The number of nitrogens with one attached hydrogen (secondary N) is 1. The number of aromatic nitrogens is 2. The highest BCUT2D eigenvalue weighted by Gasteiger charge is 2.25. The van der Waals surface area contributed by atoms with E-state index in [4.69, 9.17) is 11.6 Å². The van der Waals surface area contributed by atoms with Gasteiger partial charge in [-0.15, -0.1) is 0 Å². The third kappa shape index (κ3) is 2.32. The molecule has 0 bridgehead atoms. The zero-order valence-corrected chi connectivity index (χ0v) is 10.4. The average molecular weight is 254 g/mol. The predicted octanol–water partition coefficient (Wildman–Crippen LogP) is 2.27. The third-order valence-electron chi connectivity index (χ3n) is 3.58. The highest BCUT2D eigenvalue weighted by atomic mass is 35.5. The maximum atomic E-state index is 12.2. The van der Waals surface area contributed by atoms with E-state index in [0.717, 1.165) is 19.4 Å². The molecule has 1 aromatic rings.